The Labute approximate surface area is 128 Å². The number of sulfonamides is 1. The molecule has 0 saturated carbocycles. The van der Waals surface area contributed by atoms with Crippen molar-refractivity contribution >= 4 is 26.5 Å². The van der Waals surface area contributed by atoms with E-state index in [0.29, 0.717) is 11.1 Å². The van der Waals surface area contributed by atoms with Crippen LogP contribution in [0, 0.1) is 0 Å². The number of pyridine rings is 1. The number of nitrogen functional groups attached to an aromatic ring is 1. The Kier molecular flexibility index (Phi) is 3.79. The molecule has 1 heterocycles. The molecule has 0 aliphatic heterocycles. The number of fused-ring (bicyclic) bond motifs is 1. The molecule has 6 heteroatoms. The SMILES string of the molecule is Nc1cccc2c(S(=O)(=O)NCc3ccncc3)cccc12. The van der Waals surface area contributed by atoms with Gasteiger partial charge in [-0.3, -0.25) is 4.98 Å². The van der Waals surface area contributed by atoms with Gasteiger partial charge in [0.2, 0.25) is 10.0 Å². The number of benzene rings is 2. The van der Waals surface area contributed by atoms with Crippen LogP contribution in [0.2, 0.25) is 0 Å². The Bertz CT molecular complexity index is 909. The van der Waals surface area contributed by atoms with E-state index in [-0.39, 0.29) is 11.4 Å². The number of hydrogen-bond acceptors (Lipinski definition) is 4. The maximum absolute atomic E-state index is 12.6. The van der Waals surface area contributed by atoms with E-state index in [0.717, 1.165) is 10.9 Å². The normalized spacial score (nSPS) is 11.6. The van der Waals surface area contributed by atoms with Gasteiger partial charge in [0.15, 0.2) is 0 Å². The Morgan fingerprint density at radius 3 is 2.41 bits per heavy atom. The number of aromatic nitrogens is 1. The van der Waals surface area contributed by atoms with E-state index in [1.807, 2.05) is 6.07 Å². The molecule has 2 aromatic carbocycles. The first-order chi connectivity index (χ1) is 10.6. The topological polar surface area (TPSA) is 85.1 Å². The summed E-state index contributed by atoms with van der Waals surface area (Å²) in [5, 5.41) is 1.35. The third-order valence-electron chi connectivity index (χ3n) is 3.42. The summed E-state index contributed by atoms with van der Waals surface area (Å²) in [6, 6.07) is 13.9. The molecule has 0 unspecified atom stereocenters. The third-order valence-corrected chi connectivity index (χ3v) is 4.88. The predicted octanol–water partition coefficient (Wildman–Crippen LogP) is 2.30. The molecule has 0 amide bonds. The van der Waals surface area contributed by atoms with Gasteiger partial charge in [-0.1, -0.05) is 24.3 Å². The van der Waals surface area contributed by atoms with Crippen molar-refractivity contribution in [1.82, 2.24) is 9.71 Å². The van der Waals surface area contributed by atoms with Crippen molar-refractivity contribution in [3.05, 3.63) is 66.5 Å². The maximum atomic E-state index is 12.6. The highest BCUT2D eigenvalue weighted by atomic mass is 32.2. The largest absolute Gasteiger partial charge is 0.398 e. The molecule has 0 aliphatic rings. The number of nitrogens with one attached hydrogen (secondary N) is 1. The molecule has 22 heavy (non-hydrogen) atoms. The Morgan fingerprint density at radius 2 is 1.64 bits per heavy atom. The first kappa shape index (κ1) is 14.5. The fourth-order valence-corrected chi connectivity index (χ4v) is 3.53. The number of hydrogen-bond donors (Lipinski definition) is 2. The van der Waals surface area contributed by atoms with Crippen molar-refractivity contribution in [1.29, 1.82) is 0 Å². The van der Waals surface area contributed by atoms with Crippen LogP contribution in [0.5, 0.6) is 0 Å². The average molecular weight is 313 g/mol. The lowest BCUT2D eigenvalue weighted by Crippen LogP contribution is -2.23. The van der Waals surface area contributed by atoms with Gasteiger partial charge in [-0.05, 0) is 29.8 Å². The summed E-state index contributed by atoms with van der Waals surface area (Å²) >= 11 is 0. The van der Waals surface area contributed by atoms with Crippen molar-refractivity contribution in [2.75, 3.05) is 5.73 Å². The molecule has 0 saturated heterocycles. The Morgan fingerprint density at radius 1 is 0.955 bits per heavy atom. The van der Waals surface area contributed by atoms with Crippen molar-refractivity contribution in [3.63, 3.8) is 0 Å². The molecule has 3 N–H and O–H groups in total. The van der Waals surface area contributed by atoms with Crippen LogP contribution in [-0.4, -0.2) is 13.4 Å². The molecule has 5 nitrogen and oxygen atoms in total. The first-order valence-corrected chi connectivity index (χ1v) is 8.22. The van der Waals surface area contributed by atoms with Gasteiger partial charge < -0.3 is 5.73 Å². The van der Waals surface area contributed by atoms with Crippen LogP contribution in [0.1, 0.15) is 5.56 Å². The van der Waals surface area contributed by atoms with Crippen LogP contribution in [0.15, 0.2) is 65.8 Å². The van der Waals surface area contributed by atoms with E-state index in [9.17, 15) is 8.42 Å². The molecule has 112 valence electrons. The molecule has 0 radical (unpaired) electrons. The summed E-state index contributed by atoms with van der Waals surface area (Å²) in [7, 11) is -3.63. The second-order valence-corrected chi connectivity index (χ2v) is 6.61. The molecule has 3 rings (SSSR count). The predicted molar refractivity (Wildman–Crippen MR) is 86.6 cm³/mol. The lowest BCUT2D eigenvalue weighted by atomic mass is 10.1. The second-order valence-electron chi connectivity index (χ2n) is 4.88. The fourth-order valence-electron chi connectivity index (χ4n) is 2.30. The van der Waals surface area contributed by atoms with E-state index >= 15 is 0 Å². The maximum Gasteiger partial charge on any atom is 0.241 e. The van der Waals surface area contributed by atoms with Crippen LogP contribution in [0.25, 0.3) is 10.8 Å². The van der Waals surface area contributed by atoms with Gasteiger partial charge in [-0.25, -0.2) is 13.1 Å². The van der Waals surface area contributed by atoms with Gasteiger partial charge in [0, 0.05) is 35.4 Å². The lowest BCUT2D eigenvalue weighted by Gasteiger charge is -2.10. The van der Waals surface area contributed by atoms with E-state index < -0.39 is 10.0 Å². The standard InChI is InChI=1S/C16H15N3O2S/c17-15-5-1-4-14-13(15)3-2-6-16(14)22(20,21)19-11-12-7-9-18-10-8-12/h1-10,19H,11,17H2. The summed E-state index contributed by atoms with van der Waals surface area (Å²) in [6.45, 7) is 0.212. The molecule has 0 fully saturated rings. The van der Waals surface area contributed by atoms with E-state index in [1.54, 1.807) is 54.9 Å². The number of rotatable bonds is 4. The summed E-state index contributed by atoms with van der Waals surface area (Å²) < 4.78 is 27.7. The van der Waals surface area contributed by atoms with Crippen molar-refractivity contribution < 1.29 is 8.42 Å². The Hall–Kier alpha value is -2.44. The lowest BCUT2D eigenvalue weighted by molar-refractivity contribution is 0.582. The number of nitrogens with two attached hydrogens (primary N) is 1. The zero-order valence-electron chi connectivity index (χ0n) is 11.7. The fraction of sp³-hybridized carbons (Fsp3) is 0.0625. The highest BCUT2D eigenvalue weighted by Crippen LogP contribution is 2.27. The molecule has 0 spiro atoms. The molecule has 0 aliphatic carbocycles. The second kappa shape index (κ2) is 5.75. The van der Waals surface area contributed by atoms with E-state index in [2.05, 4.69) is 9.71 Å². The van der Waals surface area contributed by atoms with Gasteiger partial charge in [0.25, 0.3) is 0 Å². The summed E-state index contributed by atoms with van der Waals surface area (Å²) in [5.41, 5.74) is 7.32. The molecular weight excluding hydrogens is 298 g/mol. The quantitative estimate of drug-likeness (QED) is 0.724. The monoisotopic (exact) mass is 313 g/mol. The molecular formula is C16H15N3O2S. The minimum absolute atomic E-state index is 0.212. The van der Waals surface area contributed by atoms with Crippen LogP contribution >= 0.6 is 0 Å². The van der Waals surface area contributed by atoms with Gasteiger partial charge in [-0.2, -0.15) is 0 Å². The Balaban J connectivity index is 1.97. The minimum atomic E-state index is -3.63. The van der Waals surface area contributed by atoms with E-state index in [1.165, 1.54) is 0 Å². The first-order valence-electron chi connectivity index (χ1n) is 6.74. The van der Waals surface area contributed by atoms with Gasteiger partial charge in [-0.15, -0.1) is 0 Å². The smallest absolute Gasteiger partial charge is 0.241 e. The van der Waals surface area contributed by atoms with Crippen molar-refractivity contribution in [3.8, 4) is 0 Å². The highest BCUT2D eigenvalue weighted by molar-refractivity contribution is 7.89. The van der Waals surface area contributed by atoms with Crippen LogP contribution in [0.4, 0.5) is 5.69 Å². The third kappa shape index (κ3) is 2.79. The van der Waals surface area contributed by atoms with Crippen molar-refractivity contribution in [2.45, 2.75) is 11.4 Å². The molecule has 0 bridgehead atoms. The number of nitrogens with zero attached hydrogens (tertiary/aromatic N) is 1. The molecule has 3 aromatic rings. The molecule has 1 aromatic heterocycles. The molecule has 0 atom stereocenters. The summed E-state index contributed by atoms with van der Waals surface area (Å²) in [4.78, 5) is 4.14. The van der Waals surface area contributed by atoms with Crippen molar-refractivity contribution in [2.24, 2.45) is 0 Å². The van der Waals surface area contributed by atoms with Crippen LogP contribution in [0.3, 0.4) is 0 Å². The van der Waals surface area contributed by atoms with Gasteiger partial charge in [0.05, 0.1) is 4.90 Å². The number of anilines is 1. The highest BCUT2D eigenvalue weighted by Gasteiger charge is 2.17. The van der Waals surface area contributed by atoms with E-state index in [4.69, 9.17) is 5.73 Å². The van der Waals surface area contributed by atoms with Crippen LogP contribution in [-0.2, 0) is 16.6 Å². The zero-order valence-corrected chi connectivity index (χ0v) is 12.5. The zero-order chi connectivity index (χ0) is 15.6. The summed E-state index contributed by atoms with van der Waals surface area (Å²) in [5.74, 6) is 0. The average Bonchev–Trinajstić information content (AvgIpc) is 2.54. The van der Waals surface area contributed by atoms with Crippen LogP contribution < -0.4 is 10.5 Å². The van der Waals surface area contributed by atoms with Gasteiger partial charge >= 0.3 is 0 Å². The van der Waals surface area contributed by atoms with Gasteiger partial charge in [0.1, 0.15) is 0 Å². The minimum Gasteiger partial charge on any atom is -0.398 e. The summed E-state index contributed by atoms with van der Waals surface area (Å²) in [6.07, 6.45) is 3.25.